The first-order chi connectivity index (χ1) is 8.99. The number of benzene rings is 1. The van der Waals surface area contributed by atoms with Crippen LogP contribution in [-0.2, 0) is 0 Å². The number of urea groups is 1. The summed E-state index contributed by atoms with van der Waals surface area (Å²) >= 11 is 0.821. The Balaban J connectivity index is 2.19. The molecule has 0 saturated carbocycles. The van der Waals surface area contributed by atoms with Crippen LogP contribution >= 0.6 is 11.5 Å². The molecule has 1 heterocycles. The van der Waals surface area contributed by atoms with Crippen molar-refractivity contribution in [2.75, 3.05) is 10.6 Å². The number of aromatic nitrogens is 2. The van der Waals surface area contributed by atoms with Crippen molar-refractivity contribution < 1.29 is 22.4 Å². The molecule has 1 aromatic heterocycles. The van der Waals surface area contributed by atoms with Gasteiger partial charge in [-0.1, -0.05) is 4.49 Å². The number of halogens is 4. The zero-order valence-electron chi connectivity index (χ0n) is 8.88. The number of carbonyl (C=O) groups is 1. The Morgan fingerprint density at radius 2 is 1.84 bits per heavy atom. The summed E-state index contributed by atoms with van der Waals surface area (Å²) in [5.41, 5.74) is -1.09. The third-order valence-electron chi connectivity index (χ3n) is 1.95. The molecule has 0 aliphatic rings. The minimum Gasteiger partial charge on any atom is -0.302 e. The molecule has 2 N–H and O–H groups in total. The normalized spacial score (nSPS) is 10.3. The molecule has 10 heteroatoms. The third-order valence-corrected chi connectivity index (χ3v) is 2.53. The number of hydrogen-bond donors (Lipinski definition) is 2. The van der Waals surface area contributed by atoms with E-state index < -0.39 is 35.0 Å². The van der Waals surface area contributed by atoms with Crippen molar-refractivity contribution in [3.8, 4) is 0 Å². The van der Waals surface area contributed by atoms with Crippen LogP contribution in [0.25, 0.3) is 0 Å². The van der Waals surface area contributed by atoms with Crippen molar-refractivity contribution in [2.24, 2.45) is 0 Å². The summed E-state index contributed by atoms with van der Waals surface area (Å²) in [4.78, 5) is 11.4. The summed E-state index contributed by atoms with van der Waals surface area (Å²) in [6.45, 7) is 0. The molecule has 2 amide bonds. The SMILES string of the molecule is O=C(Nc1cnns1)Nc1c(F)cc(F)c(F)c1F. The maximum atomic E-state index is 13.2. The van der Waals surface area contributed by atoms with Crippen molar-refractivity contribution in [3.63, 3.8) is 0 Å². The molecule has 2 rings (SSSR count). The molecule has 0 aliphatic carbocycles. The van der Waals surface area contributed by atoms with Gasteiger partial charge in [0.05, 0.1) is 6.20 Å². The van der Waals surface area contributed by atoms with Gasteiger partial charge in [0.2, 0.25) is 0 Å². The maximum absolute atomic E-state index is 13.2. The summed E-state index contributed by atoms with van der Waals surface area (Å²) in [6.07, 6.45) is 1.20. The monoisotopic (exact) mass is 292 g/mol. The lowest BCUT2D eigenvalue weighted by Gasteiger charge is -2.08. The fraction of sp³-hybridized carbons (Fsp3) is 0. The zero-order chi connectivity index (χ0) is 14.0. The molecule has 0 fully saturated rings. The minimum atomic E-state index is -1.88. The van der Waals surface area contributed by atoms with Gasteiger partial charge in [0, 0.05) is 17.6 Å². The Hall–Kier alpha value is -2.23. The molecule has 100 valence electrons. The molecule has 0 atom stereocenters. The highest BCUT2D eigenvalue weighted by Crippen LogP contribution is 2.24. The second-order valence-electron chi connectivity index (χ2n) is 3.20. The van der Waals surface area contributed by atoms with E-state index >= 15 is 0 Å². The number of nitrogens with one attached hydrogen (secondary N) is 2. The van der Waals surface area contributed by atoms with Gasteiger partial charge in [-0.05, 0) is 0 Å². The zero-order valence-corrected chi connectivity index (χ0v) is 9.69. The summed E-state index contributed by atoms with van der Waals surface area (Å²) in [7, 11) is 0. The van der Waals surface area contributed by atoms with E-state index in [9.17, 15) is 22.4 Å². The van der Waals surface area contributed by atoms with E-state index in [1.165, 1.54) is 6.20 Å². The third kappa shape index (κ3) is 2.78. The quantitative estimate of drug-likeness (QED) is 0.508. The van der Waals surface area contributed by atoms with Gasteiger partial charge in [0.25, 0.3) is 0 Å². The molecule has 0 spiro atoms. The lowest BCUT2D eigenvalue weighted by atomic mass is 10.2. The predicted octanol–water partition coefficient (Wildman–Crippen LogP) is 2.74. The summed E-state index contributed by atoms with van der Waals surface area (Å²) in [5, 5.41) is 7.50. The van der Waals surface area contributed by atoms with Crippen molar-refractivity contribution in [1.29, 1.82) is 0 Å². The predicted molar refractivity (Wildman–Crippen MR) is 58.8 cm³/mol. The van der Waals surface area contributed by atoms with Crippen molar-refractivity contribution >= 4 is 28.3 Å². The van der Waals surface area contributed by atoms with Gasteiger partial charge in [-0.2, -0.15) is 0 Å². The lowest BCUT2D eigenvalue weighted by Crippen LogP contribution is -2.21. The van der Waals surface area contributed by atoms with Crippen LogP contribution in [0.15, 0.2) is 12.3 Å². The summed E-state index contributed by atoms with van der Waals surface area (Å²) in [5.74, 6) is -6.83. The van der Waals surface area contributed by atoms with Crippen LogP contribution in [0.4, 0.5) is 33.0 Å². The standard InChI is InChI=1S/C9H4F4N4OS/c10-3-1-4(11)8(7(13)6(3)12)16-9(18)15-5-2-14-17-19-5/h1-2H,(H2,15,16,18). The topological polar surface area (TPSA) is 66.9 Å². The molecule has 19 heavy (non-hydrogen) atoms. The van der Waals surface area contributed by atoms with Crippen LogP contribution in [-0.4, -0.2) is 15.6 Å². The Morgan fingerprint density at radius 1 is 1.11 bits per heavy atom. The van der Waals surface area contributed by atoms with E-state index in [1.807, 2.05) is 0 Å². The molecule has 5 nitrogen and oxygen atoms in total. The van der Waals surface area contributed by atoms with Crippen molar-refractivity contribution in [3.05, 3.63) is 35.5 Å². The fourth-order valence-corrected chi connectivity index (χ4v) is 1.57. The maximum Gasteiger partial charge on any atom is 0.324 e. The molecule has 0 saturated heterocycles. The van der Waals surface area contributed by atoms with Crippen LogP contribution in [0.5, 0.6) is 0 Å². The van der Waals surface area contributed by atoms with Gasteiger partial charge < -0.3 is 5.32 Å². The first-order valence-corrected chi connectivity index (χ1v) is 5.44. The summed E-state index contributed by atoms with van der Waals surface area (Å²) < 4.78 is 55.5. The molecular weight excluding hydrogens is 288 g/mol. The average molecular weight is 292 g/mol. The highest BCUT2D eigenvalue weighted by Gasteiger charge is 2.20. The molecule has 0 unspecified atom stereocenters. The number of anilines is 2. The van der Waals surface area contributed by atoms with Gasteiger partial charge >= 0.3 is 6.03 Å². The van der Waals surface area contributed by atoms with Crippen LogP contribution in [0.1, 0.15) is 0 Å². The van der Waals surface area contributed by atoms with E-state index in [1.54, 1.807) is 5.32 Å². The van der Waals surface area contributed by atoms with Crippen molar-refractivity contribution in [2.45, 2.75) is 0 Å². The number of nitrogens with zero attached hydrogens (tertiary/aromatic N) is 2. The second-order valence-corrected chi connectivity index (χ2v) is 3.99. The number of hydrogen-bond acceptors (Lipinski definition) is 4. The Kier molecular flexibility index (Phi) is 3.60. The summed E-state index contributed by atoms with van der Waals surface area (Å²) in [6, 6.07) is -0.919. The van der Waals surface area contributed by atoms with Crippen LogP contribution in [0.3, 0.4) is 0 Å². The lowest BCUT2D eigenvalue weighted by molar-refractivity contribution is 0.262. The average Bonchev–Trinajstić information content (AvgIpc) is 2.85. The van der Waals surface area contributed by atoms with Crippen LogP contribution < -0.4 is 10.6 Å². The van der Waals surface area contributed by atoms with E-state index in [4.69, 9.17) is 0 Å². The molecule has 0 aliphatic heterocycles. The molecule has 0 radical (unpaired) electrons. The smallest absolute Gasteiger partial charge is 0.302 e. The van der Waals surface area contributed by atoms with Gasteiger partial charge in [0.1, 0.15) is 10.7 Å². The van der Waals surface area contributed by atoms with E-state index in [2.05, 4.69) is 14.9 Å². The molecule has 2 aromatic rings. The Morgan fingerprint density at radius 3 is 2.47 bits per heavy atom. The fourth-order valence-electron chi connectivity index (χ4n) is 1.16. The second kappa shape index (κ2) is 5.18. The van der Waals surface area contributed by atoms with Crippen LogP contribution in [0, 0.1) is 23.3 Å². The molecule has 1 aromatic carbocycles. The van der Waals surface area contributed by atoms with Gasteiger partial charge in [0.15, 0.2) is 23.3 Å². The Labute approximate surface area is 107 Å². The van der Waals surface area contributed by atoms with E-state index in [0.29, 0.717) is 0 Å². The van der Waals surface area contributed by atoms with E-state index in [0.717, 1.165) is 11.5 Å². The highest BCUT2D eigenvalue weighted by atomic mass is 32.1. The Bertz CT molecular complexity index is 619. The minimum absolute atomic E-state index is 0.127. The van der Waals surface area contributed by atoms with Crippen molar-refractivity contribution in [1.82, 2.24) is 9.59 Å². The van der Waals surface area contributed by atoms with E-state index in [-0.39, 0.29) is 11.1 Å². The largest absolute Gasteiger partial charge is 0.324 e. The first-order valence-electron chi connectivity index (χ1n) is 4.67. The van der Waals surface area contributed by atoms with Gasteiger partial charge in [-0.3, -0.25) is 5.32 Å². The molecular formula is C9H4F4N4OS. The number of carbonyl (C=O) groups excluding carboxylic acids is 1. The number of amides is 2. The molecule has 0 bridgehead atoms. The van der Waals surface area contributed by atoms with Crippen LogP contribution in [0.2, 0.25) is 0 Å². The number of rotatable bonds is 2. The highest BCUT2D eigenvalue weighted by molar-refractivity contribution is 7.10. The van der Waals surface area contributed by atoms with Gasteiger partial charge in [-0.25, -0.2) is 22.4 Å². The van der Waals surface area contributed by atoms with Gasteiger partial charge in [-0.15, -0.1) is 5.10 Å². The first kappa shape index (κ1) is 13.2.